The molecule has 0 aromatic rings. The van der Waals surface area contributed by atoms with Crippen molar-refractivity contribution in [3.63, 3.8) is 0 Å². The SMILES string of the molecule is O=C(O)CCCC(NC(=O)N[C@@H](CCS)C(=O)O)C(=O)O. The number of rotatable bonds is 10. The highest BCUT2D eigenvalue weighted by Crippen LogP contribution is 2.02. The summed E-state index contributed by atoms with van der Waals surface area (Å²) in [6.45, 7) is 0. The van der Waals surface area contributed by atoms with Crippen LogP contribution in [0.1, 0.15) is 25.7 Å². The Bertz CT molecular complexity index is 402. The predicted octanol–water partition coefficient (Wildman–Crippen LogP) is -0.233. The van der Waals surface area contributed by atoms with Crippen LogP contribution in [0.15, 0.2) is 0 Å². The lowest BCUT2D eigenvalue weighted by Crippen LogP contribution is -2.51. The molecular formula is C11H18N2O7S. The largest absolute Gasteiger partial charge is 0.481 e. The van der Waals surface area contributed by atoms with Crippen molar-refractivity contribution in [1.29, 1.82) is 0 Å². The van der Waals surface area contributed by atoms with Crippen molar-refractivity contribution in [1.82, 2.24) is 10.6 Å². The highest BCUT2D eigenvalue weighted by Gasteiger charge is 2.23. The van der Waals surface area contributed by atoms with Gasteiger partial charge in [0.05, 0.1) is 0 Å². The van der Waals surface area contributed by atoms with Crippen LogP contribution in [0.4, 0.5) is 4.79 Å². The van der Waals surface area contributed by atoms with Gasteiger partial charge in [-0.1, -0.05) is 0 Å². The molecule has 0 heterocycles. The van der Waals surface area contributed by atoms with E-state index >= 15 is 0 Å². The Morgan fingerprint density at radius 2 is 1.38 bits per heavy atom. The molecule has 10 heteroatoms. The van der Waals surface area contributed by atoms with E-state index in [9.17, 15) is 19.2 Å². The van der Waals surface area contributed by atoms with Crippen molar-refractivity contribution < 1.29 is 34.5 Å². The van der Waals surface area contributed by atoms with Gasteiger partial charge in [-0.25, -0.2) is 14.4 Å². The van der Waals surface area contributed by atoms with Crippen LogP contribution in [-0.2, 0) is 14.4 Å². The summed E-state index contributed by atoms with van der Waals surface area (Å²) in [6.07, 6.45) is -0.127. The van der Waals surface area contributed by atoms with Gasteiger partial charge in [-0.3, -0.25) is 4.79 Å². The Hall–Kier alpha value is -1.97. The Morgan fingerprint density at radius 3 is 1.76 bits per heavy atom. The van der Waals surface area contributed by atoms with Gasteiger partial charge in [0.2, 0.25) is 0 Å². The molecule has 0 saturated heterocycles. The van der Waals surface area contributed by atoms with E-state index in [0.29, 0.717) is 0 Å². The van der Waals surface area contributed by atoms with Gasteiger partial charge in [-0.15, -0.1) is 0 Å². The van der Waals surface area contributed by atoms with Crippen LogP contribution >= 0.6 is 12.6 Å². The average Bonchev–Trinajstić information content (AvgIpc) is 2.36. The summed E-state index contributed by atoms with van der Waals surface area (Å²) in [5.41, 5.74) is 0. The van der Waals surface area contributed by atoms with E-state index in [-0.39, 0.29) is 31.4 Å². The first kappa shape index (κ1) is 19.0. The second-order valence-corrected chi connectivity index (χ2v) is 4.64. The van der Waals surface area contributed by atoms with Crippen LogP contribution in [0.5, 0.6) is 0 Å². The fraction of sp³-hybridized carbons (Fsp3) is 0.636. The predicted molar refractivity (Wildman–Crippen MR) is 74.5 cm³/mol. The van der Waals surface area contributed by atoms with Crippen molar-refractivity contribution in [2.45, 2.75) is 37.8 Å². The smallest absolute Gasteiger partial charge is 0.326 e. The van der Waals surface area contributed by atoms with Crippen molar-refractivity contribution in [3.8, 4) is 0 Å². The van der Waals surface area contributed by atoms with E-state index < -0.39 is 36.0 Å². The van der Waals surface area contributed by atoms with Crippen LogP contribution in [0, 0.1) is 0 Å². The number of aliphatic carboxylic acids is 3. The first-order chi connectivity index (χ1) is 9.77. The lowest BCUT2D eigenvalue weighted by molar-refractivity contribution is -0.140. The van der Waals surface area contributed by atoms with Gasteiger partial charge >= 0.3 is 23.9 Å². The number of hydrogen-bond acceptors (Lipinski definition) is 5. The topological polar surface area (TPSA) is 153 Å². The molecule has 0 aromatic carbocycles. The standard InChI is InChI=1S/C11H18N2O7S/c14-8(15)3-1-2-6(9(16)17)12-11(20)13-7(4-5-21)10(18)19/h6-7,21H,1-5H2,(H,14,15)(H,16,17)(H,18,19)(H2,12,13,20)/t6?,7-/m0/s1. The van der Waals surface area contributed by atoms with Gasteiger partial charge in [0.25, 0.3) is 0 Å². The molecule has 0 rings (SSSR count). The minimum Gasteiger partial charge on any atom is -0.481 e. The highest BCUT2D eigenvalue weighted by atomic mass is 32.1. The van der Waals surface area contributed by atoms with E-state index in [4.69, 9.17) is 15.3 Å². The van der Waals surface area contributed by atoms with E-state index in [1.165, 1.54) is 0 Å². The second kappa shape index (κ2) is 9.86. The molecule has 2 atom stereocenters. The van der Waals surface area contributed by atoms with Gasteiger partial charge in [0.1, 0.15) is 12.1 Å². The van der Waals surface area contributed by atoms with Gasteiger partial charge < -0.3 is 26.0 Å². The highest BCUT2D eigenvalue weighted by molar-refractivity contribution is 7.80. The number of carbonyl (C=O) groups is 4. The minimum absolute atomic E-state index is 0.0701. The third kappa shape index (κ3) is 8.74. The molecule has 0 aliphatic heterocycles. The fourth-order valence-corrected chi connectivity index (χ4v) is 1.72. The van der Waals surface area contributed by atoms with Crippen LogP contribution in [0.3, 0.4) is 0 Å². The fourth-order valence-electron chi connectivity index (χ4n) is 1.46. The molecule has 1 unspecified atom stereocenters. The molecule has 2 amide bonds. The van der Waals surface area contributed by atoms with Crippen LogP contribution in [0.25, 0.3) is 0 Å². The summed E-state index contributed by atoms with van der Waals surface area (Å²) in [5, 5.41) is 30.4. The molecule has 0 aliphatic carbocycles. The lowest BCUT2D eigenvalue weighted by atomic mass is 10.1. The maximum atomic E-state index is 11.6. The van der Waals surface area contributed by atoms with Crippen molar-refractivity contribution >= 4 is 36.6 Å². The molecule has 0 fully saturated rings. The van der Waals surface area contributed by atoms with Gasteiger partial charge in [-0.2, -0.15) is 12.6 Å². The number of carboxylic acid groups (broad SMARTS) is 3. The zero-order valence-corrected chi connectivity index (χ0v) is 12.0. The van der Waals surface area contributed by atoms with Gasteiger partial charge in [-0.05, 0) is 25.0 Å². The number of carboxylic acids is 3. The number of nitrogens with one attached hydrogen (secondary N) is 2. The summed E-state index contributed by atoms with van der Waals surface area (Å²) < 4.78 is 0. The number of amides is 2. The van der Waals surface area contributed by atoms with E-state index in [1.807, 2.05) is 0 Å². The summed E-state index contributed by atoms with van der Waals surface area (Å²) in [5.74, 6) is -3.41. The summed E-state index contributed by atoms with van der Waals surface area (Å²) >= 11 is 3.86. The zero-order chi connectivity index (χ0) is 16.4. The first-order valence-corrected chi connectivity index (χ1v) is 6.76. The Balaban J connectivity index is 4.42. The molecule has 0 aliphatic rings. The molecule has 120 valence electrons. The molecule has 5 N–H and O–H groups in total. The second-order valence-electron chi connectivity index (χ2n) is 4.20. The molecule has 0 bridgehead atoms. The summed E-state index contributed by atoms with van der Waals surface area (Å²) in [4.78, 5) is 43.7. The monoisotopic (exact) mass is 322 g/mol. The third-order valence-electron chi connectivity index (χ3n) is 2.51. The summed E-state index contributed by atoms with van der Waals surface area (Å²) in [6, 6.07) is -3.39. The molecule has 21 heavy (non-hydrogen) atoms. The molecule has 0 aromatic heterocycles. The Kier molecular flexibility index (Phi) is 8.93. The maximum Gasteiger partial charge on any atom is 0.326 e. The number of carbonyl (C=O) groups excluding carboxylic acids is 1. The van der Waals surface area contributed by atoms with Crippen molar-refractivity contribution in [2.24, 2.45) is 0 Å². The molecule has 0 radical (unpaired) electrons. The molecule has 0 saturated carbocycles. The number of hydrogen-bond donors (Lipinski definition) is 6. The number of urea groups is 1. The Morgan fingerprint density at radius 1 is 0.905 bits per heavy atom. The molecular weight excluding hydrogens is 304 g/mol. The number of thiol groups is 1. The van der Waals surface area contributed by atoms with E-state index in [0.717, 1.165) is 0 Å². The average molecular weight is 322 g/mol. The molecule has 9 nitrogen and oxygen atoms in total. The normalized spacial score (nSPS) is 13.0. The van der Waals surface area contributed by atoms with Gasteiger partial charge in [0, 0.05) is 6.42 Å². The summed E-state index contributed by atoms with van der Waals surface area (Å²) in [7, 11) is 0. The van der Waals surface area contributed by atoms with E-state index in [2.05, 4.69) is 23.3 Å². The molecule has 0 spiro atoms. The van der Waals surface area contributed by atoms with Gasteiger partial charge in [0.15, 0.2) is 0 Å². The van der Waals surface area contributed by atoms with E-state index in [1.54, 1.807) is 0 Å². The van der Waals surface area contributed by atoms with Crippen LogP contribution in [-0.4, -0.2) is 57.1 Å². The van der Waals surface area contributed by atoms with Crippen LogP contribution in [0.2, 0.25) is 0 Å². The zero-order valence-electron chi connectivity index (χ0n) is 11.1. The lowest BCUT2D eigenvalue weighted by Gasteiger charge is -2.18. The van der Waals surface area contributed by atoms with Crippen molar-refractivity contribution in [3.05, 3.63) is 0 Å². The Labute approximate surface area is 126 Å². The van der Waals surface area contributed by atoms with Crippen LogP contribution < -0.4 is 10.6 Å². The van der Waals surface area contributed by atoms with Crippen molar-refractivity contribution in [2.75, 3.05) is 5.75 Å². The maximum absolute atomic E-state index is 11.6. The third-order valence-corrected chi connectivity index (χ3v) is 2.77. The first-order valence-electron chi connectivity index (χ1n) is 6.13. The quantitative estimate of drug-likeness (QED) is 0.304. The minimum atomic E-state index is -1.32.